The molecule has 1 saturated heterocycles. The number of carboxylic acid groups (broad SMARTS) is 1. The van der Waals surface area contributed by atoms with Crippen molar-refractivity contribution in [2.45, 2.75) is 71.5 Å². The molecule has 182 valence electrons. The lowest BCUT2D eigenvalue weighted by atomic mass is 9.97. The van der Waals surface area contributed by atoms with E-state index < -0.39 is 48.4 Å². The summed E-state index contributed by atoms with van der Waals surface area (Å²) in [6, 6.07) is -2.64. The lowest BCUT2D eigenvalue weighted by molar-refractivity contribution is -0.143. The smallest absolute Gasteiger partial charge is 0.326 e. The molecule has 0 spiro atoms. The van der Waals surface area contributed by atoms with Gasteiger partial charge in [-0.1, -0.05) is 40.5 Å². The van der Waals surface area contributed by atoms with E-state index in [9.17, 15) is 29.1 Å². The Labute approximate surface area is 188 Å². The average molecular weight is 456 g/mol. The maximum atomic E-state index is 12.8. The zero-order chi connectivity index (χ0) is 24.4. The summed E-state index contributed by atoms with van der Waals surface area (Å²) in [5, 5.41) is 16.9. The van der Waals surface area contributed by atoms with E-state index in [2.05, 4.69) is 16.0 Å². The minimum Gasteiger partial charge on any atom is -0.480 e. The number of likely N-dealkylation sites (tertiary alicyclic amines) is 1. The Morgan fingerprint density at radius 2 is 1.62 bits per heavy atom. The summed E-state index contributed by atoms with van der Waals surface area (Å²) in [4.78, 5) is 62.5. The number of carbonyl (C=O) groups is 5. The molecule has 1 aliphatic rings. The van der Waals surface area contributed by atoms with Gasteiger partial charge in [-0.25, -0.2) is 4.79 Å². The minimum atomic E-state index is -1.14. The number of carbonyl (C=O) groups excluding carboxylic acids is 4. The second-order valence-corrected chi connectivity index (χ2v) is 8.31. The van der Waals surface area contributed by atoms with E-state index in [1.165, 1.54) is 4.90 Å². The third-order valence-electron chi connectivity index (χ3n) is 6.06. The fourth-order valence-electron chi connectivity index (χ4n) is 3.59. The topological polar surface area (TPSA) is 171 Å². The van der Waals surface area contributed by atoms with E-state index in [4.69, 9.17) is 5.73 Å². The lowest BCUT2D eigenvalue weighted by Gasteiger charge is -2.28. The van der Waals surface area contributed by atoms with Crippen molar-refractivity contribution in [2.24, 2.45) is 17.6 Å². The maximum absolute atomic E-state index is 12.8. The summed E-state index contributed by atoms with van der Waals surface area (Å²) in [7, 11) is 0. The summed E-state index contributed by atoms with van der Waals surface area (Å²) in [5.41, 5.74) is 5.42. The monoisotopic (exact) mass is 455 g/mol. The molecule has 1 fully saturated rings. The van der Waals surface area contributed by atoms with Crippen LogP contribution in [0.3, 0.4) is 0 Å². The third-order valence-corrected chi connectivity index (χ3v) is 6.06. The molecule has 11 nitrogen and oxygen atoms in total. The van der Waals surface area contributed by atoms with Crippen molar-refractivity contribution < 1.29 is 29.1 Å². The van der Waals surface area contributed by atoms with E-state index >= 15 is 0 Å². The van der Waals surface area contributed by atoms with Crippen LogP contribution in [0.15, 0.2) is 0 Å². The minimum absolute atomic E-state index is 0.192. The molecule has 32 heavy (non-hydrogen) atoms. The Kier molecular flexibility index (Phi) is 11.1. The second-order valence-electron chi connectivity index (χ2n) is 8.31. The summed E-state index contributed by atoms with van der Waals surface area (Å²) in [6.45, 7) is 7.04. The van der Waals surface area contributed by atoms with Crippen molar-refractivity contribution in [3.63, 3.8) is 0 Å². The normalized spacial score (nSPS) is 19.4. The Morgan fingerprint density at radius 3 is 2.16 bits per heavy atom. The van der Waals surface area contributed by atoms with Crippen molar-refractivity contribution in [3.05, 3.63) is 0 Å². The van der Waals surface area contributed by atoms with E-state index in [-0.39, 0.29) is 24.3 Å². The van der Waals surface area contributed by atoms with Crippen LogP contribution in [0.25, 0.3) is 0 Å². The summed E-state index contributed by atoms with van der Waals surface area (Å²) >= 11 is 0. The van der Waals surface area contributed by atoms with Gasteiger partial charge in [0.15, 0.2) is 0 Å². The molecule has 0 aromatic heterocycles. The molecule has 1 heterocycles. The van der Waals surface area contributed by atoms with Crippen LogP contribution in [-0.4, -0.2) is 77.4 Å². The van der Waals surface area contributed by atoms with Crippen LogP contribution in [-0.2, 0) is 24.0 Å². The van der Waals surface area contributed by atoms with Gasteiger partial charge in [0, 0.05) is 6.54 Å². The Hall–Kier alpha value is -2.69. The van der Waals surface area contributed by atoms with Gasteiger partial charge in [0.25, 0.3) is 0 Å². The highest BCUT2D eigenvalue weighted by Gasteiger charge is 2.36. The quantitative estimate of drug-likeness (QED) is 0.256. The Balaban J connectivity index is 2.76. The van der Waals surface area contributed by atoms with E-state index in [1.807, 2.05) is 13.8 Å². The van der Waals surface area contributed by atoms with Crippen LogP contribution in [0.1, 0.15) is 53.4 Å². The van der Waals surface area contributed by atoms with Gasteiger partial charge < -0.3 is 31.7 Å². The maximum Gasteiger partial charge on any atom is 0.326 e. The first-order chi connectivity index (χ1) is 15.1. The van der Waals surface area contributed by atoms with Gasteiger partial charge in [-0.15, -0.1) is 0 Å². The van der Waals surface area contributed by atoms with Crippen molar-refractivity contribution >= 4 is 29.6 Å². The number of rotatable bonds is 12. The number of nitrogens with one attached hydrogen (secondary N) is 3. The first-order valence-corrected chi connectivity index (χ1v) is 11.2. The van der Waals surface area contributed by atoms with Crippen molar-refractivity contribution in [1.82, 2.24) is 20.9 Å². The van der Waals surface area contributed by atoms with E-state index in [1.54, 1.807) is 13.8 Å². The standard InChI is InChI=1S/C21H37N5O6/c1-5-12(3)17(25-19(29)14-8-7-9-26(14)16(28)10-22)20(30)23-11-15(27)24-18(21(31)32)13(4)6-2/h12-14,17-18H,5-11,22H2,1-4H3,(H,23,30)(H,24,27)(H,25,29)(H,31,32)/t12-,13-,14-,17-,18-/m0/s1. The first-order valence-electron chi connectivity index (χ1n) is 11.2. The predicted molar refractivity (Wildman–Crippen MR) is 117 cm³/mol. The molecular formula is C21H37N5O6. The van der Waals surface area contributed by atoms with Gasteiger partial charge in [0.05, 0.1) is 13.1 Å². The molecular weight excluding hydrogens is 418 g/mol. The summed E-state index contributed by atoms with van der Waals surface area (Å²) in [5.74, 6) is -3.57. The number of hydrogen-bond acceptors (Lipinski definition) is 6. The second kappa shape index (κ2) is 13.0. The highest BCUT2D eigenvalue weighted by Crippen LogP contribution is 2.18. The largest absolute Gasteiger partial charge is 0.480 e. The van der Waals surface area contributed by atoms with Crippen LogP contribution in [0.4, 0.5) is 0 Å². The molecule has 0 aliphatic carbocycles. The van der Waals surface area contributed by atoms with Crippen molar-refractivity contribution in [3.8, 4) is 0 Å². The van der Waals surface area contributed by atoms with Gasteiger partial charge in [-0.3, -0.25) is 19.2 Å². The van der Waals surface area contributed by atoms with Gasteiger partial charge in [0.2, 0.25) is 23.6 Å². The first kappa shape index (κ1) is 27.3. The summed E-state index contributed by atoms with van der Waals surface area (Å²) in [6.07, 6.45) is 2.32. The van der Waals surface area contributed by atoms with Crippen molar-refractivity contribution in [1.29, 1.82) is 0 Å². The zero-order valence-corrected chi connectivity index (χ0v) is 19.3. The van der Waals surface area contributed by atoms with Crippen LogP contribution in [0.5, 0.6) is 0 Å². The molecule has 11 heteroatoms. The molecule has 0 aromatic carbocycles. The van der Waals surface area contributed by atoms with Gasteiger partial charge in [-0.05, 0) is 24.7 Å². The van der Waals surface area contributed by atoms with E-state index in [0.717, 1.165) is 0 Å². The van der Waals surface area contributed by atoms with Crippen LogP contribution >= 0.6 is 0 Å². The van der Waals surface area contributed by atoms with Gasteiger partial charge >= 0.3 is 5.97 Å². The fraction of sp³-hybridized carbons (Fsp3) is 0.762. The van der Waals surface area contributed by atoms with Gasteiger partial charge in [-0.2, -0.15) is 0 Å². The zero-order valence-electron chi connectivity index (χ0n) is 19.3. The number of hydrogen-bond donors (Lipinski definition) is 5. The molecule has 0 radical (unpaired) electrons. The lowest BCUT2D eigenvalue weighted by Crippen LogP contribution is -2.57. The van der Waals surface area contributed by atoms with E-state index in [0.29, 0.717) is 32.2 Å². The molecule has 4 amide bonds. The fourth-order valence-corrected chi connectivity index (χ4v) is 3.59. The molecule has 0 aromatic rings. The van der Waals surface area contributed by atoms with Crippen LogP contribution in [0, 0.1) is 11.8 Å². The highest BCUT2D eigenvalue weighted by molar-refractivity contribution is 5.94. The molecule has 1 rings (SSSR count). The molecule has 0 unspecified atom stereocenters. The van der Waals surface area contributed by atoms with Gasteiger partial charge in [0.1, 0.15) is 18.1 Å². The predicted octanol–water partition coefficient (Wildman–Crippen LogP) is -0.801. The summed E-state index contributed by atoms with van der Waals surface area (Å²) < 4.78 is 0. The number of nitrogens with zero attached hydrogens (tertiary/aromatic N) is 1. The highest BCUT2D eigenvalue weighted by atomic mass is 16.4. The number of aliphatic carboxylic acids is 1. The molecule has 6 N–H and O–H groups in total. The molecule has 0 bridgehead atoms. The molecule has 5 atom stereocenters. The Morgan fingerprint density at radius 1 is 1.03 bits per heavy atom. The average Bonchev–Trinajstić information content (AvgIpc) is 3.27. The SMILES string of the molecule is CC[C@H](C)[C@H](NC(=O)CNC(=O)[C@@H](NC(=O)[C@@H]1CCCN1C(=O)CN)[C@@H](C)CC)C(=O)O. The molecule has 1 aliphatic heterocycles. The molecule has 0 saturated carbocycles. The Bertz CT molecular complexity index is 700. The van der Waals surface area contributed by atoms with Crippen molar-refractivity contribution in [2.75, 3.05) is 19.6 Å². The third kappa shape index (κ3) is 7.47. The number of amides is 4. The number of carboxylic acids is 1. The van der Waals surface area contributed by atoms with Crippen LogP contribution in [0.2, 0.25) is 0 Å². The van der Waals surface area contributed by atoms with Crippen LogP contribution < -0.4 is 21.7 Å². The number of nitrogens with two attached hydrogens (primary N) is 1.